The third-order valence-corrected chi connectivity index (χ3v) is 20.0. The number of rotatable bonds is 7. The van der Waals surface area contributed by atoms with Gasteiger partial charge in [0.1, 0.15) is 0 Å². The number of fused-ring (bicyclic) bond motifs is 10. The number of benzene rings is 12. The van der Waals surface area contributed by atoms with Gasteiger partial charge in [0, 0.05) is 67.0 Å². The van der Waals surface area contributed by atoms with E-state index in [1.54, 1.807) is 0 Å². The molecule has 0 unspecified atom stereocenters. The lowest BCUT2D eigenvalue weighted by molar-refractivity contribution is 0.568. The van der Waals surface area contributed by atoms with E-state index in [-0.39, 0.29) is 28.4 Å². The van der Waals surface area contributed by atoms with Crippen LogP contribution in [0.1, 0.15) is 105 Å². The Balaban J connectivity index is 1.10. The predicted octanol–water partition coefficient (Wildman–Crippen LogP) is 22.2. The summed E-state index contributed by atoms with van der Waals surface area (Å²) in [6, 6.07) is 99.7. The lowest BCUT2D eigenvalue weighted by Crippen LogP contribution is -2.61. The highest BCUT2D eigenvalue weighted by Gasteiger charge is 2.45. The SMILES string of the molecule is CC(C)(C)c1cc(N2c3ccc(-n4c5ccccc5c5ccccc54)cc3B3c4cc(-n5c6ccccc6c6ccccc65)ccc4N(c4cc(C(C)(C)C)cc(C(C)(C)C)c4)c4cc(-c5c(-c6ccccc6)cccc5-c5ccccc5)cc2c43)cc(C(C)(C)C)c1. The van der Waals surface area contributed by atoms with E-state index in [9.17, 15) is 0 Å². The van der Waals surface area contributed by atoms with E-state index in [0.29, 0.717) is 0 Å². The van der Waals surface area contributed by atoms with Crippen LogP contribution in [0.2, 0.25) is 0 Å². The minimum Gasteiger partial charge on any atom is -0.311 e. The summed E-state index contributed by atoms with van der Waals surface area (Å²) in [5.41, 5.74) is 29.4. The Bertz CT molecular complexity index is 4830. The van der Waals surface area contributed by atoms with Crippen LogP contribution in [0, 0.1) is 0 Å². The van der Waals surface area contributed by atoms with Gasteiger partial charge in [-0.1, -0.05) is 247 Å². The number of hydrogen-bond acceptors (Lipinski definition) is 2. The molecule has 0 amide bonds. The Hall–Kier alpha value is -10.1. The molecule has 16 rings (SSSR count). The average molecular weight is 1200 g/mol. The normalized spacial score (nSPS) is 13.3. The van der Waals surface area contributed by atoms with E-state index < -0.39 is 0 Å². The molecule has 0 radical (unpaired) electrons. The highest BCUT2D eigenvalue weighted by Crippen LogP contribution is 2.52. The monoisotopic (exact) mass is 1200 g/mol. The van der Waals surface area contributed by atoms with E-state index >= 15 is 0 Å². The van der Waals surface area contributed by atoms with Gasteiger partial charge in [-0.3, -0.25) is 0 Å². The summed E-state index contributed by atoms with van der Waals surface area (Å²) in [4.78, 5) is 5.35. The van der Waals surface area contributed by atoms with Crippen LogP contribution in [0.5, 0.6) is 0 Å². The molecule has 4 heterocycles. The Labute approximate surface area is 549 Å². The van der Waals surface area contributed by atoms with Crippen LogP contribution in [-0.2, 0) is 21.7 Å². The summed E-state index contributed by atoms with van der Waals surface area (Å²) in [5.74, 6) is 0. The fraction of sp³-hybridized carbons (Fsp3) is 0.182. The number of hydrogen-bond donors (Lipinski definition) is 0. The largest absolute Gasteiger partial charge is 0.311 e. The summed E-state index contributed by atoms with van der Waals surface area (Å²) >= 11 is 0. The van der Waals surface area contributed by atoms with Gasteiger partial charge in [0.05, 0.1) is 22.1 Å². The van der Waals surface area contributed by atoms with Gasteiger partial charge >= 0.3 is 0 Å². The van der Waals surface area contributed by atoms with Crippen molar-refractivity contribution >= 4 is 101 Å². The third-order valence-electron chi connectivity index (χ3n) is 20.0. The Morgan fingerprint density at radius 2 is 0.581 bits per heavy atom. The summed E-state index contributed by atoms with van der Waals surface area (Å²) in [6.07, 6.45) is 0. The van der Waals surface area contributed by atoms with Crippen LogP contribution >= 0.6 is 0 Å². The maximum Gasteiger partial charge on any atom is 0.252 e. The number of anilines is 6. The van der Waals surface area contributed by atoms with Crippen molar-refractivity contribution in [1.82, 2.24) is 9.13 Å². The summed E-state index contributed by atoms with van der Waals surface area (Å²) in [7, 11) is 0. The summed E-state index contributed by atoms with van der Waals surface area (Å²) in [6.45, 7) is 28.2. The van der Waals surface area contributed by atoms with Gasteiger partial charge in [-0.05, 0) is 191 Å². The van der Waals surface area contributed by atoms with Crippen molar-refractivity contribution in [3.8, 4) is 44.8 Å². The van der Waals surface area contributed by atoms with Crippen LogP contribution in [0.25, 0.3) is 88.4 Å². The maximum absolute atomic E-state index is 2.67. The molecule has 14 aromatic rings. The van der Waals surface area contributed by atoms with Crippen molar-refractivity contribution in [3.05, 3.63) is 283 Å². The number of para-hydroxylation sites is 4. The molecule has 0 spiro atoms. The summed E-state index contributed by atoms with van der Waals surface area (Å²) in [5, 5.41) is 4.98. The molecule has 2 aliphatic heterocycles. The molecule has 2 aliphatic rings. The van der Waals surface area contributed by atoms with Crippen molar-refractivity contribution in [1.29, 1.82) is 0 Å². The van der Waals surface area contributed by atoms with Crippen molar-refractivity contribution in [3.63, 3.8) is 0 Å². The van der Waals surface area contributed by atoms with Crippen LogP contribution in [0.3, 0.4) is 0 Å². The van der Waals surface area contributed by atoms with E-state index in [1.807, 2.05) is 0 Å². The highest BCUT2D eigenvalue weighted by atomic mass is 15.2. The quantitative estimate of drug-likeness (QED) is 0.148. The van der Waals surface area contributed by atoms with Crippen molar-refractivity contribution in [2.24, 2.45) is 0 Å². The molecular weight excluding hydrogens is 1120 g/mol. The minimum absolute atomic E-state index is 0.153. The van der Waals surface area contributed by atoms with Crippen LogP contribution in [-0.4, -0.2) is 15.8 Å². The first-order valence-electron chi connectivity index (χ1n) is 33.3. The molecule has 2 aromatic heterocycles. The molecule has 12 aromatic carbocycles. The van der Waals surface area contributed by atoms with Crippen LogP contribution in [0.15, 0.2) is 261 Å². The summed E-state index contributed by atoms with van der Waals surface area (Å²) < 4.78 is 5.02. The van der Waals surface area contributed by atoms with Crippen molar-refractivity contribution in [2.75, 3.05) is 9.80 Å². The molecule has 5 heteroatoms. The molecule has 0 atom stereocenters. The Morgan fingerprint density at radius 3 is 0.914 bits per heavy atom. The van der Waals surface area contributed by atoms with E-state index in [1.165, 1.54) is 121 Å². The number of nitrogens with zero attached hydrogens (tertiary/aromatic N) is 4. The minimum atomic E-state index is -0.235. The van der Waals surface area contributed by atoms with Crippen LogP contribution < -0.4 is 26.2 Å². The number of aromatic nitrogens is 2. The molecule has 0 saturated heterocycles. The van der Waals surface area contributed by atoms with Gasteiger partial charge in [0.2, 0.25) is 0 Å². The molecule has 454 valence electrons. The molecule has 0 saturated carbocycles. The second kappa shape index (κ2) is 21.2. The predicted molar refractivity (Wildman–Crippen MR) is 400 cm³/mol. The second-order valence-corrected chi connectivity index (χ2v) is 30.3. The maximum atomic E-state index is 2.67. The topological polar surface area (TPSA) is 16.3 Å². The van der Waals surface area contributed by atoms with Gasteiger partial charge in [-0.2, -0.15) is 0 Å². The second-order valence-electron chi connectivity index (χ2n) is 30.3. The third kappa shape index (κ3) is 9.56. The molecule has 4 nitrogen and oxygen atoms in total. The standard InChI is InChI=1S/C88H79BN4/c1-85(2,3)59-48-60(86(4,5)6)51-65(50-59)92-79-44-42-63(90-75-38-23-19-32-69(75)70-33-20-24-39-76(70)90)54-73(79)89-74-55-64(91-77-40-25-21-34-71(77)72-35-22-26-41-78(72)91)43-45-80(74)93(66-52-61(87(7,8)9)49-62(53-66)88(10,11)12)82-47-58(46-81(92)84(82)89)83-67(56-28-15-13-16-29-56)36-27-37-68(83)57-30-17-14-18-31-57/h13-55H,1-12H3. The molecule has 0 N–H and O–H groups in total. The zero-order valence-corrected chi connectivity index (χ0v) is 55.7. The van der Waals surface area contributed by atoms with Gasteiger partial charge in [-0.25, -0.2) is 0 Å². The van der Waals surface area contributed by atoms with Gasteiger partial charge in [0.25, 0.3) is 6.71 Å². The lowest BCUT2D eigenvalue weighted by atomic mass is 9.33. The zero-order valence-electron chi connectivity index (χ0n) is 55.7. The van der Waals surface area contributed by atoms with Crippen molar-refractivity contribution in [2.45, 2.75) is 105 Å². The van der Waals surface area contributed by atoms with Crippen LogP contribution in [0.4, 0.5) is 34.1 Å². The lowest BCUT2D eigenvalue weighted by Gasteiger charge is -2.45. The molecular formula is C88H79BN4. The first-order valence-corrected chi connectivity index (χ1v) is 33.3. The van der Waals surface area contributed by atoms with Gasteiger partial charge < -0.3 is 18.9 Å². The van der Waals surface area contributed by atoms with E-state index in [4.69, 9.17) is 0 Å². The fourth-order valence-electron chi connectivity index (χ4n) is 15.2. The zero-order chi connectivity index (χ0) is 64.0. The van der Waals surface area contributed by atoms with E-state index in [2.05, 4.69) is 363 Å². The Morgan fingerprint density at radius 1 is 0.258 bits per heavy atom. The molecule has 93 heavy (non-hydrogen) atoms. The molecule has 0 fully saturated rings. The fourth-order valence-corrected chi connectivity index (χ4v) is 15.2. The molecule has 0 aliphatic carbocycles. The average Bonchev–Trinajstić information content (AvgIpc) is 1.06. The molecule has 0 bridgehead atoms. The Kier molecular flexibility index (Phi) is 13.2. The smallest absolute Gasteiger partial charge is 0.252 e. The van der Waals surface area contributed by atoms with Crippen molar-refractivity contribution < 1.29 is 0 Å². The van der Waals surface area contributed by atoms with Gasteiger partial charge in [-0.15, -0.1) is 0 Å². The first-order chi connectivity index (χ1) is 44.7. The van der Waals surface area contributed by atoms with Gasteiger partial charge in [0.15, 0.2) is 0 Å². The first kappa shape index (κ1) is 58.0. The van der Waals surface area contributed by atoms with E-state index in [0.717, 1.165) is 39.7 Å². The highest BCUT2D eigenvalue weighted by molar-refractivity contribution is 7.00.